The molecule has 1 amide bonds. The van der Waals surface area contributed by atoms with Gasteiger partial charge in [0.15, 0.2) is 18.2 Å². The second-order valence-electron chi connectivity index (χ2n) is 17.9. The number of H-pyrrole nitrogens is 1. The van der Waals surface area contributed by atoms with Crippen molar-refractivity contribution in [2.45, 2.75) is 135 Å². The summed E-state index contributed by atoms with van der Waals surface area (Å²) >= 11 is 12.2. The van der Waals surface area contributed by atoms with E-state index in [4.69, 9.17) is 37.4 Å². The van der Waals surface area contributed by atoms with Crippen molar-refractivity contribution in [3.8, 4) is 0 Å². The molecule has 2 saturated heterocycles. The lowest BCUT2D eigenvalue weighted by Crippen LogP contribution is -2.58. The summed E-state index contributed by atoms with van der Waals surface area (Å²) in [7, 11) is 0. The lowest BCUT2D eigenvalue weighted by atomic mass is 9.51. The number of aromatic amines is 1. The van der Waals surface area contributed by atoms with E-state index in [1.165, 1.54) is 6.20 Å². The average Bonchev–Trinajstić information content (AvgIpc) is 3.65. The summed E-state index contributed by atoms with van der Waals surface area (Å²) in [5.41, 5.74) is -2.95. The van der Waals surface area contributed by atoms with Crippen LogP contribution in [0.15, 0.2) is 65.1 Å². The van der Waals surface area contributed by atoms with Gasteiger partial charge in [-0.05, 0) is 88.5 Å². The molecule has 3 fully saturated rings. The Morgan fingerprint density at radius 1 is 1.12 bits per heavy atom. The van der Waals surface area contributed by atoms with Gasteiger partial charge in [0, 0.05) is 30.4 Å². The summed E-state index contributed by atoms with van der Waals surface area (Å²) in [5, 5.41) is 48.2. The Hall–Kier alpha value is -3.23. The minimum Gasteiger partial charge on any atom is -0.511 e. The molecule has 2 aliphatic heterocycles. The first-order chi connectivity index (χ1) is 27.9. The summed E-state index contributed by atoms with van der Waals surface area (Å²) < 4.78 is 19.4. The number of ketones is 1. The van der Waals surface area contributed by atoms with Crippen LogP contribution in [0.25, 0.3) is 0 Å². The Morgan fingerprint density at radius 2 is 1.86 bits per heavy atom. The molecular formula is C45H58Cl2N2O10. The number of ether oxygens (including phenoxy) is 3. The van der Waals surface area contributed by atoms with Crippen LogP contribution in [0, 0.1) is 40.4 Å². The van der Waals surface area contributed by atoms with Crippen LogP contribution in [-0.2, 0) is 23.8 Å². The van der Waals surface area contributed by atoms with Crippen LogP contribution >= 0.6 is 23.2 Å². The van der Waals surface area contributed by atoms with E-state index in [0.29, 0.717) is 37.7 Å². The van der Waals surface area contributed by atoms with E-state index in [1.807, 2.05) is 26.8 Å². The van der Waals surface area contributed by atoms with Crippen molar-refractivity contribution < 1.29 is 49.0 Å². The monoisotopic (exact) mass is 856 g/mol. The van der Waals surface area contributed by atoms with Gasteiger partial charge in [-0.3, -0.25) is 9.59 Å². The van der Waals surface area contributed by atoms with Crippen LogP contribution < -0.4 is 5.32 Å². The highest BCUT2D eigenvalue weighted by Gasteiger charge is 2.67. The van der Waals surface area contributed by atoms with Gasteiger partial charge in [0.2, 0.25) is 5.78 Å². The van der Waals surface area contributed by atoms with Crippen molar-refractivity contribution in [3.63, 3.8) is 0 Å². The number of aliphatic hydroxyl groups excluding tert-OH is 3. The second-order valence-corrected chi connectivity index (χ2v) is 18.7. The summed E-state index contributed by atoms with van der Waals surface area (Å²) in [6.07, 6.45) is 12.4. The summed E-state index contributed by atoms with van der Waals surface area (Å²) in [5.74, 6) is -3.42. The molecule has 12 nitrogen and oxygen atoms in total. The highest BCUT2D eigenvalue weighted by Crippen LogP contribution is 2.61. The first-order valence-corrected chi connectivity index (χ1v) is 21.8. The molecule has 4 aliphatic carbocycles. The fraction of sp³-hybridized carbons (Fsp3) is 0.622. The van der Waals surface area contributed by atoms with Crippen LogP contribution in [0.5, 0.6) is 0 Å². The molecule has 0 aromatic carbocycles. The third kappa shape index (κ3) is 7.28. The number of rotatable bonds is 7. The topological polar surface area (TPSA) is 188 Å². The number of allylic oxidation sites excluding steroid dienone is 5. The first-order valence-electron chi connectivity index (χ1n) is 21.1. The van der Waals surface area contributed by atoms with Gasteiger partial charge in [0.1, 0.15) is 17.0 Å². The number of carbonyl (C=O) groups excluding carboxylic acids is 3. The molecule has 59 heavy (non-hydrogen) atoms. The van der Waals surface area contributed by atoms with Gasteiger partial charge in [0.05, 0.1) is 39.8 Å². The maximum absolute atomic E-state index is 15.2. The number of fused-ring (bicyclic) bond motifs is 4. The van der Waals surface area contributed by atoms with Crippen molar-refractivity contribution in [2.75, 3.05) is 0 Å². The number of esters is 1. The third-order valence-electron chi connectivity index (χ3n) is 14.6. The molecule has 13 atom stereocenters. The molecule has 1 spiro atoms. The molecule has 6 aliphatic rings. The van der Waals surface area contributed by atoms with Crippen molar-refractivity contribution in [1.29, 1.82) is 0 Å². The van der Waals surface area contributed by atoms with E-state index < -0.39 is 76.9 Å². The number of halogens is 2. The Labute approximate surface area is 355 Å². The number of aromatic nitrogens is 1. The smallest absolute Gasteiger partial charge is 0.346 e. The van der Waals surface area contributed by atoms with Gasteiger partial charge in [-0.2, -0.15) is 0 Å². The molecule has 3 heterocycles. The number of carbonyl (C=O) groups is 3. The van der Waals surface area contributed by atoms with Crippen LogP contribution in [-0.4, -0.2) is 85.6 Å². The Morgan fingerprint density at radius 3 is 2.51 bits per heavy atom. The standard InChI is InChI=1S/C45H58Cl2N2O10/c1-7-25-19-45-39(52)33(42(56)59-45)38(51)44(8-2)26(12-10-9-11-22(3)18-43(45,6)20-28(25)41(54)55)14-15-27-29(44)16-13-23(4)37(27)58-32-17-31(50)35(24(5)57-32)49-40(53)36-34(47)30(46)21-48-36/h9-10,14-15,18,20-21,23-27,29,31-32,35,37,41,48,50-51,54-55H,7-8,11-13,16-17,19H2,1-6H3,(H,49,53)/b10-9+,22-18+,38-33?. The maximum Gasteiger partial charge on any atom is 0.346 e. The predicted octanol–water partition coefficient (Wildman–Crippen LogP) is 7.19. The van der Waals surface area contributed by atoms with Crippen molar-refractivity contribution in [2.24, 2.45) is 40.4 Å². The fourth-order valence-corrected chi connectivity index (χ4v) is 11.8. The zero-order valence-electron chi connectivity index (χ0n) is 34.5. The number of Topliss-reactive ketones (excluding diaryl/α,β-unsaturated/α-hetero) is 1. The molecule has 14 heteroatoms. The molecule has 2 bridgehead atoms. The van der Waals surface area contributed by atoms with Gasteiger partial charge < -0.3 is 44.9 Å². The fourth-order valence-electron chi connectivity index (χ4n) is 11.4. The Kier molecular flexibility index (Phi) is 12.3. The van der Waals surface area contributed by atoms with E-state index >= 15 is 4.79 Å². The zero-order chi connectivity index (χ0) is 42.8. The zero-order valence-corrected chi connectivity index (χ0v) is 36.1. The number of amides is 1. The highest BCUT2D eigenvalue weighted by atomic mass is 35.5. The average molecular weight is 858 g/mol. The highest BCUT2D eigenvalue weighted by molar-refractivity contribution is 6.43. The molecule has 13 unspecified atom stereocenters. The molecule has 1 saturated carbocycles. The van der Waals surface area contributed by atoms with E-state index in [1.54, 1.807) is 19.9 Å². The van der Waals surface area contributed by atoms with Crippen molar-refractivity contribution in [3.05, 3.63) is 80.9 Å². The lowest BCUT2D eigenvalue weighted by Gasteiger charge is -2.55. The molecule has 7 rings (SSSR count). The molecule has 0 radical (unpaired) electrons. The van der Waals surface area contributed by atoms with Gasteiger partial charge in [0.25, 0.3) is 5.91 Å². The second kappa shape index (κ2) is 16.6. The lowest BCUT2D eigenvalue weighted by molar-refractivity contribution is -0.258. The largest absolute Gasteiger partial charge is 0.511 e. The predicted molar refractivity (Wildman–Crippen MR) is 221 cm³/mol. The normalized spacial score (nSPS) is 41.3. The molecule has 1 aromatic heterocycles. The summed E-state index contributed by atoms with van der Waals surface area (Å²) in [6.45, 7) is 11.5. The van der Waals surface area contributed by atoms with E-state index in [2.05, 4.69) is 41.5 Å². The van der Waals surface area contributed by atoms with Gasteiger partial charge in [-0.15, -0.1) is 0 Å². The summed E-state index contributed by atoms with van der Waals surface area (Å²) in [6, 6.07) is -0.756. The Bertz CT molecular complexity index is 1990. The number of nitrogens with one attached hydrogen (secondary N) is 2. The van der Waals surface area contributed by atoms with Gasteiger partial charge >= 0.3 is 5.97 Å². The first kappa shape index (κ1) is 43.8. The van der Waals surface area contributed by atoms with E-state index in [0.717, 1.165) is 12.0 Å². The third-order valence-corrected chi connectivity index (χ3v) is 15.3. The van der Waals surface area contributed by atoms with Crippen molar-refractivity contribution >= 4 is 40.9 Å². The maximum atomic E-state index is 15.2. The van der Waals surface area contributed by atoms with E-state index in [9.17, 15) is 30.0 Å². The SMILES string of the molecule is CCC1CC23OC(=O)C(=C(O)C4(CC)C(C=CC5C(OC6CC(O)C(NC(=O)c7[nH]cc(Cl)c7Cl)C(C)O6)C(C)CCC54)C/C=C/C/C(C)=C/C2(C)C=C1C(O)O)C3=O. The molecule has 322 valence electrons. The number of hydrogen-bond donors (Lipinski definition) is 6. The van der Waals surface area contributed by atoms with Crippen LogP contribution in [0.3, 0.4) is 0 Å². The van der Waals surface area contributed by atoms with Crippen LogP contribution in [0.2, 0.25) is 10.0 Å². The molecule has 6 N–H and O–H groups in total. The van der Waals surface area contributed by atoms with Crippen molar-refractivity contribution in [1.82, 2.24) is 10.3 Å². The Balaban J connectivity index is 1.23. The summed E-state index contributed by atoms with van der Waals surface area (Å²) in [4.78, 5) is 45.3. The van der Waals surface area contributed by atoms with Crippen LogP contribution in [0.1, 0.15) is 103 Å². The number of hydrogen-bond acceptors (Lipinski definition) is 10. The molecule has 1 aromatic rings. The van der Waals surface area contributed by atoms with Crippen LogP contribution in [0.4, 0.5) is 0 Å². The minimum atomic E-state index is -1.75. The minimum absolute atomic E-state index is 0.0383. The number of aliphatic hydroxyl groups is 4. The van der Waals surface area contributed by atoms with Gasteiger partial charge in [-0.25, -0.2) is 4.79 Å². The van der Waals surface area contributed by atoms with Gasteiger partial charge in [-0.1, -0.05) is 86.0 Å². The quantitative estimate of drug-likeness (QED) is 0.0709. The molecular weight excluding hydrogens is 799 g/mol. The van der Waals surface area contributed by atoms with E-state index in [-0.39, 0.29) is 63.6 Å².